The van der Waals surface area contributed by atoms with Crippen molar-refractivity contribution < 1.29 is 14.4 Å². The molecule has 1 atom stereocenters. The summed E-state index contributed by atoms with van der Waals surface area (Å²) in [7, 11) is 3.60. The molecule has 0 aliphatic carbocycles. The molecule has 0 spiro atoms. The number of carbonyl (C=O) groups excluding carboxylic acids is 1. The Bertz CT molecular complexity index is 705. The molecule has 1 unspecified atom stereocenters. The second kappa shape index (κ2) is 7.97. The summed E-state index contributed by atoms with van der Waals surface area (Å²) in [6.07, 6.45) is 0. The van der Waals surface area contributed by atoms with Gasteiger partial charge < -0.3 is 15.0 Å². The summed E-state index contributed by atoms with van der Waals surface area (Å²) in [5.41, 5.74) is 2.32. The first-order chi connectivity index (χ1) is 11.1. The lowest BCUT2D eigenvalue weighted by Crippen LogP contribution is -3.08. The fourth-order valence-electron chi connectivity index (χ4n) is 2.30. The highest BCUT2D eigenvalue weighted by atomic mass is 16.5. The largest absolute Gasteiger partial charge is 0.497 e. The van der Waals surface area contributed by atoms with Crippen molar-refractivity contribution in [1.29, 1.82) is 5.26 Å². The molecule has 0 saturated heterocycles. The average molecular weight is 310 g/mol. The Morgan fingerprint density at radius 1 is 1.26 bits per heavy atom. The molecule has 0 aliphatic rings. The van der Waals surface area contributed by atoms with Crippen LogP contribution in [-0.4, -0.2) is 26.6 Å². The van der Waals surface area contributed by atoms with Gasteiger partial charge in [0.2, 0.25) is 0 Å². The van der Waals surface area contributed by atoms with Crippen LogP contribution >= 0.6 is 0 Å². The van der Waals surface area contributed by atoms with Crippen LogP contribution in [0.25, 0.3) is 0 Å². The summed E-state index contributed by atoms with van der Waals surface area (Å²) in [4.78, 5) is 13.2. The number of benzene rings is 2. The summed E-state index contributed by atoms with van der Waals surface area (Å²) in [6, 6.07) is 16.8. The van der Waals surface area contributed by atoms with E-state index in [4.69, 9.17) is 10.00 Å². The number of nitrogens with one attached hydrogen (secondary N) is 2. The second-order valence-electron chi connectivity index (χ2n) is 5.40. The predicted octanol–water partition coefficient (Wildman–Crippen LogP) is 1.22. The normalized spacial score (nSPS) is 11.3. The number of likely N-dealkylation sites (N-methyl/N-ethyl adjacent to an activating group) is 1. The lowest BCUT2D eigenvalue weighted by molar-refractivity contribution is -0.885. The van der Waals surface area contributed by atoms with E-state index in [-0.39, 0.29) is 5.91 Å². The lowest BCUT2D eigenvalue weighted by Gasteiger charge is -2.14. The first kappa shape index (κ1) is 16.5. The van der Waals surface area contributed by atoms with Gasteiger partial charge in [0.05, 0.1) is 25.8 Å². The SMILES string of the molecule is COc1ccc(C[NH+](C)CC(=O)Nc2cccc(C#N)c2)cc1. The smallest absolute Gasteiger partial charge is 0.279 e. The average Bonchev–Trinajstić information content (AvgIpc) is 2.55. The third-order valence-electron chi connectivity index (χ3n) is 3.40. The maximum absolute atomic E-state index is 12.1. The van der Waals surface area contributed by atoms with Crippen LogP contribution in [0.2, 0.25) is 0 Å². The number of ether oxygens (including phenoxy) is 1. The van der Waals surface area contributed by atoms with Crippen molar-refractivity contribution in [3.63, 3.8) is 0 Å². The first-order valence-electron chi connectivity index (χ1n) is 7.35. The molecule has 2 N–H and O–H groups in total. The summed E-state index contributed by atoms with van der Waals surface area (Å²) in [5.74, 6) is 0.743. The molecule has 0 aromatic heterocycles. The van der Waals surface area contributed by atoms with Crippen molar-refractivity contribution in [2.75, 3.05) is 26.0 Å². The number of amides is 1. The third-order valence-corrected chi connectivity index (χ3v) is 3.40. The van der Waals surface area contributed by atoms with E-state index in [1.54, 1.807) is 31.4 Å². The van der Waals surface area contributed by atoms with Crippen molar-refractivity contribution >= 4 is 11.6 Å². The molecule has 0 saturated carbocycles. The third kappa shape index (κ3) is 5.13. The zero-order chi connectivity index (χ0) is 16.7. The van der Waals surface area contributed by atoms with Crippen molar-refractivity contribution in [3.05, 3.63) is 59.7 Å². The highest BCUT2D eigenvalue weighted by Crippen LogP contribution is 2.10. The minimum absolute atomic E-state index is 0.0777. The van der Waals surface area contributed by atoms with Gasteiger partial charge in [0.1, 0.15) is 12.3 Å². The quantitative estimate of drug-likeness (QED) is 0.843. The van der Waals surface area contributed by atoms with Gasteiger partial charge in [-0.3, -0.25) is 4.79 Å². The Hall–Kier alpha value is -2.84. The van der Waals surface area contributed by atoms with Crippen LogP contribution in [0.1, 0.15) is 11.1 Å². The molecule has 0 fully saturated rings. The van der Waals surface area contributed by atoms with E-state index < -0.39 is 0 Å². The molecule has 2 aromatic carbocycles. The Labute approximate surface area is 136 Å². The van der Waals surface area contributed by atoms with Crippen LogP contribution in [0.5, 0.6) is 5.75 Å². The van der Waals surface area contributed by atoms with E-state index >= 15 is 0 Å². The van der Waals surface area contributed by atoms with Crippen molar-refractivity contribution in [3.8, 4) is 11.8 Å². The van der Waals surface area contributed by atoms with Gasteiger partial charge in [0.15, 0.2) is 6.54 Å². The van der Waals surface area contributed by atoms with E-state index in [0.717, 1.165) is 22.8 Å². The predicted molar refractivity (Wildman–Crippen MR) is 88.2 cm³/mol. The maximum Gasteiger partial charge on any atom is 0.279 e. The Kier molecular flexibility index (Phi) is 5.73. The van der Waals surface area contributed by atoms with Crippen LogP contribution < -0.4 is 15.0 Å². The van der Waals surface area contributed by atoms with Gasteiger partial charge in [-0.05, 0) is 42.5 Å². The molecule has 2 aromatic rings. The van der Waals surface area contributed by atoms with Crippen LogP contribution in [0.3, 0.4) is 0 Å². The summed E-state index contributed by atoms with van der Waals surface area (Å²) >= 11 is 0. The van der Waals surface area contributed by atoms with Gasteiger partial charge >= 0.3 is 0 Å². The molecule has 0 aliphatic heterocycles. The van der Waals surface area contributed by atoms with Gasteiger partial charge in [-0.1, -0.05) is 6.07 Å². The van der Waals surface area contributed by atoms with Gasteiger partial charge in [-0.15, -0.1) is 0 Å². The van der Waals surface area contributed by atoms with Crippen LogP contribution in [-0.2, 0) is 11.3 Å². The summed E-state index contributed by atoms with van der Waals surface area (Å²) in [6.45, 7) is 1.10. The zero-order valence-electron chi connectivity index (χ0n) is 13.3. The molecular weight excluding hydrogens is 290 g/mol. The Morgan fingerprint density at radius 2 is 2.00 bits per heavy atom. The van der Waals surface area contributed by atoms with Gasteiger partial charge in [0.25, 0.3) is 5.91 Å². The van der Waals surface area contributed by atoms with Crippen LogP contribution in [0.4, 0.5) is 5.69 Å². The number of quaternary nitrogens is 1. The number of anilines is 1. The molecule has 2 rings (SSSR count). The molecule has 0 heterocycles. The van der Waals surface area contributed by atoms with Crippen LogP contribution in [0, 0.1) is 11.3 Å². The van der Waals surface area contributed by atoms with Gasteiger partial charge in [0, 0.05) is 11.3 Å². The number of hydrogen-bond acceptors (Lipinski definition) is 3. The molecular formula is C18H20N3O2+. The van der Waals surface area contributed by atoms with Crippen molar-refractivity contribution in [1.82, 2.24) is 0 Å². The molecule has 5 nitrogen and oxygen atoms in total. The van der Waals surface area contributed by atoms with Crippen molar-refractivity contribution in [2.45, 2.75) is 6.54 Å². The number of methoxy groups -OCH3 is 1. The second-order valence-corrected chi connectivity index (χ2v) is 5.40. The number of carbonyl (C=O) groups is 1. The number of nitriles is 1. The van der Waals surface area contributed by atoms with Crippen LogP contribution in [0.15, 0.2) is 48.5 Å². The number of nitrogens with zero attached hydrogens (tertiary/aromatic N) is 1. The number of rotatable bonds is 6. The van der Waals surface area contributed by atoms with E-state index in [9.17, 15) is 4.79 Å². The van der Waals surface area contributed by atoms with Crippen molar-refractivity contribution in [2.24, 2.45) is 0 Å². The molecule has 1 amide bonds. The zero-order valence-corrected chi connectivity index (χ0v) is 13.3. The van der Waals surface area contributed by atoms with Gasteiger partial charge in [-0.25, -0.2) is 0 Å². The fraction of sp³-hybridized carbons (Fsp3) is 0.222. The summed E-state index contributed by atoms with van der Waals surface area (Å²) < 4.78 is 5.13. The number of hydrogen-bond donors (Lipinski definition) is 2. The fourth-order valence-corrected chi connectivity index (χ4v) is 2.30. The lowest BCUT2D eigenvalue weighted by atomic mass is 10.2. The maximum atomic E-state index is 12.1. The van der Waals surface area contributed by atoms with E-state index in [1.165, 1.54) is 0 Å². The first-order valence-corrected chi connectivity index (χ1v) is 7.35. The minimum Gasteiger partial charge on any atom is -0.497 e. The van der Waals surface area contributed by atoms with E-state index in [0.29, 0.717) is 17.8 Å². The topological polar surface area (TPSA) is 66.6 Å². The van der Waals surface area contributed by atoms with E-state index in [1.807, 2.05) is 31.3 Å². The minimum atomic E-state index is -0.0777. The van der Waals surface area contributed by atoms with Gasteiger partial charge in [-0.2, -0.15) is 5.26 Å². The monoisotopic (exact) mass is 310 g/mol. The standard InChI is InChI=1S/C18H19N3O2/c1-21(12-14-6-8-17(23-2)9-7-14)13-18(22)20-16-5-3-4-15(10-16)11-19/h3-10H,12-13H2,1-2H3,(H,20,22)/p+1. The Morgan fingerprint density at radius 3 is 2.65 bits per heavy atom. The molecule has 23 heavy (non-hydrogen) atoms. The molecule has 118 valence electrons. The molecule has 0 radical (unpaired) electrons. The summed E-state index contributed by atoms with van der Waals surface area (Å²) in [5, 5.41) is 11.7. The molecule has 5 heteroatoms. The highest BCUT2D eigenvalue weighted by molar-refractivity contribution is 5.91. The van der Waals surface area contributed by atoms with E-state index in [2.05, 4.69) is 11.4 Å². The Balaban J connectivity index is 1.87. The molecule has 0 bridgehead atoms. The highest BCUT2D eigenvalue weighted by Gasteiger charge is 2.11.